The van der Waals surface area contributed by atoms with Gasteiger partial charge >= 0.3 is 0 Å². The number of aryl methyl sites for hydroxylation is 1. The first-order valence-electron chi connectivity index (χ1n) is 8.12. The molecule has 0 fully saturated rings. The molecule has 0 radical (unpaired) electrons. The van der Waals surface area contributed by atoms with Gasteiger partial charge in [-0.25, -0.2) is 0 Å². The van der Waals surface area contributed by atoms with Gasteiger partial charge in [-0.3, -0.25) is 19.7 Å². The van der Waals surface area contributed by atoms with Crippen LogP contribution in [0.5, 0.6) is 0 Å². The number of rotatable bonds is 9. The molecule has 2 heterocycles. The number of carbonyl (C=O) groups is 2. The van der Waals surface area contributed by atoms with Gasteiger partial charge < -0.3 is 15.2 Å². The van der Waals surface area contributed by atoms with E-state index in [1.165, 1.54) is 4.80 Å². The highest BCUT2D eigenvalue weighted by atomic mass is 16.6. The second-order valence-electron chi connectivity index (χ2n) is 5.70. The molecule has 0 spiro atoms. The van der Waals surface area contributed by atoms with Crippen molar-refractivity contribution in [1.29, 1.82) is 0 Å². The number of carbonyl (C=O) groups excluding carboxylic acids is 2. The van der Waals surface area contributed by atoms with Gasteiger partial charge in [0, 0.05) is 23.7 Å². The molecule has 12 heteroatoms. The van der Waals surface area contributed by atoms with E-state index < -0.39 is 22.8 Å². The predicted molar refractivity (Wildman–Crippen MR) is 93.7 cm³/mol. The average Bonchev–Trinajstić information content (AvgIpc) is 3.28. The zero-order chi connectivity index (χ0) is 20.0. The van der Waals surface area contributed by atoms with Crippen LogP contribution in [0.1, 0.15) is 24.0 Å². The molecule has 2 aromatic heterocycles. The minimum atomic E-state index is -1.20. The Hall–Kier alpha value is -3.57. The maximum Gasteiger partial charge on any atom is 0.293 e. The number of hydrogen-bond acceptors (Lipinski definition) is 7. The summed E-state index contributed by atoms with van der Waals surface area (Å²) in [5.74, 6) is -0.778. The molecule has 12 nitrogen and oxygen atoms in total. The second-order valence-corrected chi connectivity index (χ2v) is 5.70. The number of nitro groups is 1. The maximum atomic E-state index is 12.1. The van der Waals surface area contributed by atoms with Crippen LogP contribution in [0.3, 0.4) is 0 Å². The Morgan fingerprint density at radius 3 is 2.67 bits per heavy atom. The molecule has 0 aliphatic carbocycles. The van der Waals surface area contributed by atoms with Gasteiger partial charge in [-0.15, -0.1) is 15.0 Å². The van der Waals surface area contributed by atoms with Gasteiger partial charge in [-0.2, -0.15) is 0 Å². The first-order valence-corrected chi connectivity index (χ1v) is 8.12. The largest absolute Gasteiger partial charge is 0.345 e. The molecule has 1 atom stereocenters. The zero-order valence-corrected chi connectivity index (χ0v) is 15.0. The van der Waals surface area contributed by atoms with Gasteiger partial charge in [0.1, 0.15) is 0 Å². The minimum Gasteiger partial charge on any atom is -0.345 e. The van der Waals surface area contributed by atoms with Crippen molar-refractivity contribution in [1.82, 2.24) is 35.4 Å². The molecule has 2 N–H and O–H groups in total. The summed E-state index contributed by atoms with van der Waals surface area (Å²) in [6.45, 7) is 4.77. The molecule has 0 saturated heterocycles. The van der Waals surface area contributed by atoms with Crippen molar-refractivity contribution in [2.75, 3.05) is 13.1 Å². The van der Waals surface area contributed by atoms with E-state index in [0.717, 1.165) is 0 Å². The van der Waals surface area contributed by atoms with Crippen LogP contribution in [-0.2, 0) is 11.8 Å². The molecule has 0 aliphatic rings. The SMILES string of the molecule is C=C(CC)C(=O)NCC(CNC(=O)c1nnn(-c2cccn2C)n1)[N+](=O)[O-]. The van der Waals surface area contributed by atoms with Crippen LogP contribution in [0, 0.1) is 10.1 Å². The van der Waals surface area contributed by atoms with Crippen LogP contribution in [0.2, 0.25) is 0 Å². The molecule has 27 heavy (non-hydrogen) atoms. The molecule has 0 aromatic carbocycles. The van der Waals surface area contributed by atoms with Crippen molar-refractivity contribution >= 4 is 11.8 Å². The van der Waals surface area contributed by atoms with E-state index in [9.17, 15) is 19.7 Å². The van der Waals surface area contributed by atoms with Crippen LogP contribution >= 0.6 is 0 Å². The molecule has 1 unspecified atom stereocenters. The Balaban J connectivity index is 1.93. The third kappa shape index (κ3) is 4.96. The fourth-order valence-corrected chi connectivity index (χ4v) is 2.07. The Labute approximate surface area is 154 Å². The van der Waals surface area contributed by atoms with Crippen LogP contribution in [-0.4, -0.2) is 60.6 Å². The van der Waals surface area contributed by atoms with E-state index >= 15 is 0 Å². The lowest BCUT2D eigenvalue weighted by molar-refractivity contribution is -0.517. The number of tetrazole rings is 1. The van der Waals surface area contributed by atoms with Crippen LogP contribution in [0.4, 0.5) is 0 Å². The topological polar surface area (TPSA) is 150 Å². The normalized spacial score (nSPS) is 11.6. The van der Waals surface area contributed by atoms with Crippen molar-refractivity contribution in [2.45, 2.75) is 19.4 Å². The summed E-state index contributed by atoms with van der Waals surface area (Å²) in [7, 11) is 1.78. The molecule has 2 rings (SSSR count). The van der Waals surface area contributed by atoms with Crippen molar-refractivity contribution in [3.05, 3.63) is 46.4 Å². The Morgan fingerprint density at radius 1 is 1.37 bits per heavy atom. The summed E-state index contributed by atoms with van der Waals surface area (Å²) in [6.07, 6.45) is 2.22. The highest BCUT2D eigenvalue weighted by molar-refractivity contribution is 5.92. The summed E-state index contributed by atoms with van der Waals surface area (Å²) in [5.41, 5.74) is 0.322. The molecule has 144 valence electrons. The van der Waals surface area contributed by atoms with Crippen molar-refractivity contribution in [3.8, 4) is 5.82 Å². The minimum absolute atomic E-state index is 0.221. The van der Waals surface area contributed by atoms with E-state index in [2.05, 4.69) is 32.6 Å². The predicted octanol–water partition coefficient (Wildman–Crippen LogP) is -0.542. The quantitative estimate of drug-likeness (QED) is 0.339. The number of aromatic nitrogens is 5. The number of nitrogens with zero attached hydrogens (tertiary/aromatic N) is 6. The third-order valence-electron chi connectivity index (χ3n) is 3.78. The molecule has 2 amide bonds. The van der Waals surface area contributed by atoms with Crippen molar-refractivity contribution in [2.24, 2.45) is 7.05 Å². The van der Waals surface area contributed by atoms with Gasteiger partial charge in [0.15, 0.2) is 5.82 Å². The fourth-order valence-electron chi connectivity index (χ4n) is 2.07. The first kappa shape index (κ1) is 19.8. The number of amides is 2. The monoisotopic (exact) mass is 376 g/mol. The zero-order valence-electron chi connectivity index (χ0n) is 15.0. The van der Waals surface area contributed by atoms with Gasteiger partial charge in [0.05, 0.1) is 13.1 Å². The number of hydrogen-bond donors (Lipinski definition) is 2. The summed E-state index contributed by atoms with van der Waals surface area (Å²) in [6, 6.07) is 2.31. The molecular formula is C15H20N8O4. The lowest BCUT2D eigenvalue weighted by Gasteiger charge is -2.11. The standard InChI is InChI=1S/C15H20N8O4/c1-4-10(2)14(24)16-8-11(23(26)27)9-17-15(25)13-18-20-22(19-13)12-6-5-7-21(12)3/h5-7,11H,2,4,8-9H2,1,3H3,(H,16,24)(H,17,25). The van der Waals surface area contributed by atoms with Gasteiger partial charge in [0.25, 0.3) is 11.7 Å². The molecule has 0 aliphatic heterocycles. The first-order chi connectivity index (χ1) is 12.8. The van der Waals surface area contributed by atoms with Gasteiger partial charge in [0.2, 0.25) is 11.9 Å². The Kier molecular flexibility index (Phi) is 6.36. The molecule has 0 saturated carbocycles. The van der Waals surface area contributed by atoms with Crippen molar-refractivity contribution in [3.63, 3.8) is 0 Å². The summed E-state index contributed by atoms with van der Waals surface area (Å²) in [4.78, 5) is 35.5. The molecule has 0 bridgehead atoms. The van der Waals surface area contributed by atoms with E-state index in [0.29, 0.717) is 17.8 Å². The highest BCUT2D eigenvalue weighted by Crippen LogP contribution is 2.03. The lowest BCUT2D eigenvalue weighted by Crippen LogP contribution is -2.44. The summed E-state index contributed by atoms with van der Waals surface area (Å²) >= 11 is 0. The van der Waals surface area contributed by atoms with Crippen LogP contribution in [0.15, 0.2) is 30.5 Å². The van der Waals surface area contributed by atoms with Crippen LogP contribution in [0.25, 0.3) is 5.82 Å². The molecular weight excluding hydrogens is 356 g/mol. The van der Waals surface area contributed by atoms with E-state index in [4.69, 9.17) is 0 Å². The van der Waals surface area contributed by atoms with Gasteiger partial charge in [-0.1, -0.05) is 13.5 Å². The Bertz CT molecular complexity index is 856. The highest BCUT2D eigenvalue weighted by Gasteiger charge is 2.24. The average molecular weight is 376 g/mol. The second kappa shape index (κ2) is 8.69. The molecule has 2 aromatic rings. The number of nitrogens with one attached hydrogen (secondary N) is 2. The summed E-state index contributed by atoms with van der Waals surface area (Å²) in [5, 5.41) is 27.3. The van der Waals surface area contributed by atoms with Crippen molar-refractivity contribution < 1.29 is 14.5 Å². The van der Waals surface area contributed by atoms with E-state index in [-0.39, 0.29) is 18.9 Å². The Morgan fingerprint density at radius 2 is 2.07 bits per heavy atom. The van der Waals surface area contributed by atoms with Gasteiger partial charge in [-0.05, 0) is 23.8 Å². The van der Waals surface area contributed by atoms with E-state index in [1.807, 2.05) is 0 Å². The van der Waals surface area contributed by atoms with E-state index in [1.54, 1.807) is 36.9 Å². The lowest BCUT2D eigenvalue weighted by atomic mass is 10.2. The third-order valence-corrected chi connectivity index (χ3v) is 3.78. The maximum absolute atomic E-state index is 12.1. The summed E-state index contributed by atoms with van der Waals surface area (Å²) < 4.78 is 1.74. The smallest absolute Gasteiger partial charge is 0.293 e. The van der Waals surface area contributed by atoms with Crippen LogP contribution < -0.4 is 10.6 Å². The fraction of sp³-hybridized carbons (Fsp3) is 0.400.